The van der Waals surface area contributed by atoms with Gasteiger partial charge in [-0.05, 0) is 43.2 Å². The molecule has 2 aromatic rings. The Balaban J connectivity index is 0.00000210. The molecular formula is C27H38N4O3S. The van der Waals surface area contributed by atoms with Gasteiger partial charge < -0.3 is 15.5 Å². The number of carbonyl (C=O) groups is 3. The number of aromatic nitrogens is 1. The summed E-state index contributed by atoms with van der Waals surface area (Å²) in [6, 6.07) is 6.73. The van der Waals surface area contributed by atoms with Crippen LogP contribution in [0.25, 0.3) is 10.4 Å². The first-order valence-electron chi connectivity index (χ1n) is 11.9. The van der Waals surface area contributed by atoms with Crippen molar-refractivity contribution in [3.63, 3.8) is 0 Å². The van der Waals surface area contributed by atoms with Gasteiger partial charge in [0.15, 0.2) is 0 Å². The molecule has 1 saturated heterocycles. The minimum Gasteiger partial charge on any atom is -0.348 e. The van der Waals surface area contributed by atoms with Gasteiger partial charge in [0.2, 0.25) is 17.7 Å². The summed E-state index contributed by atoms with van der Waals surface area (Å²) in [6.07, 6.45) is 1.38. The summed E-state index contributed by atoms with van der Waals surface area (Å²) in [7, 11) is 0. The van der Waals surface area contributed by atoms with Crippen molar-refractivity contribution in [3.8, 4) is 10.4 Å². The molecule has 0 bridgehead atoms. The molecule has 0 spiro atoms. The summed E-state index contributed by atoms with van der Waals surface area (Å²) >= 11 is 1.61. The first-order valence-corrected chi connectivity index (χ1v) is 12.8. The van der Waals surface area contributed by atoms with Gasteiger partial charge in [-0.3, -0.25) is 14.4 Å². The number of rotatable bonds is 6. The molecule has 1 aliphatic rings. The molecule has 2 N–H and O–H groups in total. The van der Waals surface area contributed by atoms with E-state index in [0.29, 0.717) is 13.0 Å². The Hall–Kier alpha value is -3.00. The maximum absolute atomic E-state index is 13.3. The van der Waals surface area contributed by atoms with Gasteiger partial charge in [-0.2, -0.15) is 0 Å². The molecule has 1 aliphatic heterocycles. The smallest absolute Gasteiger partial charge is 0.246 e. The van der Waals surface area contributed by atoms with E-state index in [1.807, 2.05) is 64.4 Å². The highest BCUT2D eigenvalue weighted by Crippen LogP contribution is 2.29. The van der Waals surface area contributed by atoms with E-state index in [1.165, 1.54) is 6.92 Å². The molecule has 3 rings (SSSR count). The number of amides is 3. The van der Waals surface area contributed by atoms with Gasteiger partial charge in [0.25, 0.3) is 0 Å². The molecule has 2 heterocycles. The average Bonchev–Trinajstić information content (AvgIpc) is 3.47. The van der Waals surface area contributed by atoms with Crippen molar-refractivity contribution >= 4 is 29.1 Å². The van der Waals surface area contributed by atoms with Crippen LogP contribution in [-0.4, -0.2) is 46.2 Å². The highest BCUT2D eigenvalue weighted by molar-refractivity contribution is 7.13. The van der Waals surface area contributed by atoms with Crippen LogP contribution in [0.3, 0.4) is 0 Å². The van der Waals surface area contributed by atoms with Crippen molar-refractivity contribution in [1.82, 2.24) is 20.5 Å². The molecular weight excluding hydrogens is 460 g/mol. The van der Waals surface area contributed by atoms with Crippen molar-refractivity contribution in [3.05, 3.63) is 54.2 Å². The van der Waals surface area contributed by atoms with Crippen LogP contribution in [0.2, 0.25) is 0 Å². The maximum Gasteiger partial charge on any atom is 0.246 e. The second-order valence-electron chi connectivity index (χ2n) is 9.81. The first-order chi connectivity index (χ1) is 16.5. The zero-order valence-electron chi connectivity index (χ0n) is 21.7. The molecule has 190 valence electrons. The minimum absolute atomic E-state index is 0.161. The number of nitrogens with one attached hydrogen (secondary N) is 2. The average molecular weight is 499 g/mol. The summed E-state index contributed by atoms with van der Waals surface area (Å²) < 4.78 is 0. The Bertz CT molecular complexity index is 1030. The van der Waals surface area contributed by atoms with E-state index in [9.17, 15) is 14.4 Å². The van der Waals surface area contributed by atoms with E-state index in [-0.39, 0.29) is 23.8 Å². The molecule has 1 aromatic heterocycles. The third-order valence-electron chi connectivity index (χ3n) is 6.08. The van der Waals surface area contributed by atoms with E-state index in [0.717, 1.165) is 28.1 Å². The standard InChI is InChI=1S/C25H34N4O3S.C2H4/c1-15(18-9-11-19(12-10-18)21-16(2)26-14-33-21)27-23(31)20-8-7-13-29(20)24(32)22(25(4,5)6)28-17(3)30;1-2/h9-12,14-15,20,22H,7-8,13H2,1-6H3,(H,27,31)(H,28,30);1-2H2. The van der Waals surface area contributed by atoms with Gasteiger partial charge in [0.1, 0.15) is 12.1 Å². The van der Waals surface area contributed by atoms with Crippen molar-refractivity contribution < 1.29 is 14.4 Å². The molecule has 0 radical (unpaired) electrons. The minimum atomic E-state index is -0.677. The molecule has 0 saturated carbocycles. The SMILES string of the molecule is C=C.CC(=O)NC(C(=O)N1CCCC1C(=O)NC(C)c1ccc(-c2scnc2C)cc1)C(C)(C)C. The van der Waals surface area contributed by atoms with Crippen LogP contribution in [-0.2, 0) is 14.4 Å². The van der Waals surface area contributed by atoms with Gasteiger partial charge >= 0.3 is 0 Å². The molecule has 1 fully saturated rings. The van der Waals surface area contributed by atoms with Crippen molar-refractivity contribution in [2.24, 2.45) is 5.41 Å². The summed E-state index contributed by atoms with van der Waals surface area (Å²) in [5.74, 6) is -0.618. The molecule has 3 amide bonds. The van der Waals surface area contributed by atoms with Crippen LogP contribution >= 0.6 is 11.3 Å². The monoisotopic (exact) mass is 498 g/mol. The van der Waals surface area contributed by atoms with E-state index < -0.39 is 17.5 Å². The second-order valence-corrected chi connectivity index (χ2v) is 10.7. The Morgan fingerprint density at radius 2 is 1.77 bits per heavy atom. The lowest BCUT2D eigenvalue weighted by Crippen LogP contribution is -2.57. The number of aryl methyl sites for hydroxylation is 1. The zero-order chi connectivity index (χ0) is 26.3. The maximum atomic E-state index is 13.3. The van der Waals surface area contributed by atoms with Crippen LogP contribution < -0.4 is 10.6 Å². The number of hydrogen-bond acceptors (Lipinski definition) is 5. The van der Waals surface area contributed by atoms with Gasteiger partial charge in [0.05, 0.1) is 22.1 Å². The third kappa shape index (κ3) is 7.01. The van der Waals surface area contributed by atoms with Crippen molar-refractivity contribution in [1.29, 1.82) is 0 Å². The number of nitrogens with zero attached hydrogens (tertiary/aromatic N) is 2. The lowest BCUT2D eigenvalue weighted by atomic mass is 9.85. The van der Waals surface area contributed by atoms with E-state index in [4.69, 9.17) is 0 Å². The van der Waals surface area contributed by atoms with Crippen LogP contribution in [0, 0.1) is 12.3 Å². The zero-order valence-corrected chi connectivity index (χ0v) is 22.5. The number of hydrogen-bond donors (Lipinski definition) is 2. The van der Waals surface area contributed by atoms with E-state index >= 15 is 0 Å². The van der Waals surface area contributed by atoms with E-state index in [1.54, 1.807) is 16.2 Å². The van der Waals surface area contributed by atoms with Crippen molar-refractivity contribution in [2.45, 2.75) is 72.5 Å². The topological polar surface area (TPSA) is 91.4 Å². The number of benzene rings is 1. The predicted molar refractivity (Wildman–Crippen MR) is 142 cm³/mol. The highest BCUT2D eigenvalue weighted by Gasteiger charge is 2.41. The largest absolute Gasteiger partial charge is 0.348 e. The Kier molecular flexibility index (Phi) is 9.77. The first kappa shape index (κ1) is 28.2. The number of likely N-dealkylation sites (tertiary alicyclic amines) is 1. The fraction of sp³-hybridized carbons (Fsp3) is 0.481. The number of carbonyl (C=O) groups excluding carboxylic acids is 3. The highest BCUT2D eigenvalue weighted by atomic mass is 32.1. The summed E-state index contributed by atoms with van der Waals surface area (Å²) in [4.78, 5) is 45.2. The van der Waals surface area contributed by atoms with Gasteiger partial charge in [-0.1, -0.05) is 45.0 Å². The Labute approximate surface area is 213 Å². The predicted octanol–water partition coefficient (Wildman–Crippen LogP) is 4.64. The van der Waals surface area contributed by atoms with Crippen LogP contribution in [0.5, 0.6) is 0 Å². The molecule has 0 aliphatic carbocycles. The fourth-order valence-electron chi connectivity index (χ4n) is 4.22. The molecule has 35 heavy (non-hydrogen) atoms. The quantitative estimate of drug-likeness (QED) is 0.568. The number of thiazole rings is 1. The summed E-state index contributed by atoms with van der Waals surface area (Å²) in [5, 5.41) is 5.85. The van der Waals surface area contributed by atoms with Gasteiger partial charge in [0, 0.05) is 13.5 Å². The van der Waals surface area contributed by atoms with Crippen molar-refractivity contribution in [2.75, 3.05) is 6.54 Å². The summed E-state index contributed by atoms with van der Waals surface area (Å²) in [5.41, 5.74) is 4.49. The molecule has 3 atom stereocenters. The second kappa shape index (κ2) is 12.1. The van der Waals surface area contributed by atoms with Crippen LogP contribution in [0.4, 0.5) is 0 Å². The molecule has 8 heteroatoms. The Morgan fingerprint density at radius 1 is 1.14 bits per heavy atom. The molecule has 7 nitrogen and oxygen atoms in total. The van der Waals surface area contributed by atoms with E-state index in [2.05, 4.69) is 28.8 Å². The van der Waals surface area contributed by atoms with Gasteiger partial charge in [-0.15, -0.1) is 24.5 Å². The lowest BCUT2D eigenvalue weighted by molar-refractivity contribution is -0.143. The molecule has 3 unspecified atom stereocenters. The summed E-state index contributed by atoms with van der Waals surface area (Å²) in [6.45, 7) is 17.6. The Morgan fingerprint density at radius 3 is 2.29 bits per heavy atom. The fourth-order valence-corrected chi connectivity index (χ4v) is 5.03. The third-order valence-corrected chi connectivity index (χ3v) is 7.05. The lowest BCUT2D eigenvalue weighted by Gasteiger charge is -2.35. The van der Waals surface area contributed by atoms with Crippen LogP contribution in [0.15, 0.2) is 42.9 Å². The molecule has 1 aromatic carbocycles. The van der Waals surface area contributed by atoms with Crippen LogP contribution in [0.1, 0.15) is 64.8 Å². The van der Waals surface area contributed by atoms with Gasteiger partial charge in [-0.25, -0.2) is 4.98 Å². The normalized spacial score (nSPS) is 17.1.